The van der Waals surface area contributed by atoms with Crippen molar-refractivity contribution in [3.8, 4) is 5.75 Å². The summed E-state index contributed by atoms with van der Waals surface area (Å²) in [6.45, 7) is 6.07. The van der Waals surface area contributed by atoms with Crippen LogP contribution in [0.4, 0.5) is 0 Å². The van der Waals surface area contributed by atoms with Gasteiger partial charge in [0.15, 0.2) is 0 Å². The Labute approximate surface area is 148 Å². The van der Waals surface area contributed by atoms with Gasteiger partial charge in [-0.05, 0) is 38.5 Å². The molecule has 2 amide bonds. The molecular weight excluding hydrogens is 320 g/mol. The van der Waals surface area contributed by atoms with Crippen molar-refractivity contribution in [3.05, 3.63) is 29.8 Å². The number of rotatable bonds is 3. The molecule has 6 heteroatoms. The Hall–Kier alpha value is -2.08. The van der Waals surface area contributed by atoms with E-state index in [2.05, 4.69) is 0 Å². The van der Waals surface area contributed by atoms with Crippen LogP contribution in [0.15, 0.2) is 24.3 Å². The number of benzene rings is 1. The quantitative estimate of drug-likeness (QED) is 0.837. The fraction of sp³-hybridized carbons (Fsp3) is 0.579. The Morgan fingerprint density at radius 3 is 2.84 bits per heavy atom. The summed E-state index contributed by atoms with van der Waals surface area (Å²) in [5, 5.41) is 0. The van der Waals surface area contributed by atoms with E-state index in [4.69, 9.17) is 9.47 Å². The van der Waals surface area contributed by atoms with Gasteiger partial charge in [-0.1, -0.05) is 6.07 Å². The molecule has 0 saturated carbocycles. The van der Waals surface area contributed by atoms with Crippen molar-refractivity contribution in [1.82, 2.24) is 9.80 Å². The van der Waals surface area contributed by atoms with E-state index in [1.165, 1.54) is 0 Å². The van der Waals surface area contributed by atoms with E-state index in [1.807, 2.05) is 41.8 Å². The molecule has 3 rings (SSSR count). The molecule has 6 nitrogen and oxygen atoms in total. The highest BCUT2D eigenvalue weighted by atomic mass is 16.5. The predicted molar refractivity (Wildman–Crippen MR) is 93.6 cm³/mol. The zero-order valence-corrected chi connectivity index (χ0v) is 15.1. The number of piperidine rings is 1. The zero-order chi connectivity index (χ0) is 18.0. The van der Waals surface area contributed by atoms with Gasteiger partial charge in [0.1, 0.15) is 12.4 Å². The first-order valence-corrected chi connectivity index (χ1v) is 8.84. The highest BCUT2D eigenvalue weighted by Crippen LogP contribution is 2.26. The standard InChI is InChI=1S/C19H26N2O4/c1-13(2)21-11-15-10-20(8-7-17(15)25-12-18(21)22)19(23)14-5-4-6-16(9-14)24-3/h4-6,9,13,15,17H,7-8,10-12H2,1-3H3/t15-,17+/m1/s1. The molecule has 2 saturated heterocycles. The number of fused-ring (bicyclic) bond motifs is 1. The molecule has 136 valence electrons. The second-order valence-corrected chi connectivity index (χ2v) is 7.02. The van der Waals surface area contributed by atoms with Crippen LogP contribution in [0.25, 0.3) is 0 Å². The summed E-state index contributed by atoms with van der Waals surface area (Å²) in [6.07, 6.45) is 0.807. The fourth-order valence-electron chi connectivity index (χ4n) is 3.64. The molecule has 2 aliphatic heterocycles. The summed E-state index contributed by atoms with van der Waals surface area (Å²) >= 11 is 0. The van der Waals surface area contributed by atoms with Gasteiger partial charge in [-0.25, -0.2) is 0 Å². The van der Waals surface area contributed by atoms with Gasteiger partial charge in [0, 0.05) is 37.2 Å². The largest absolute Gasteiger partial charge is 0.497 e. The molecule has 2 atom stereocenters. The van der Waals surface area contributed by atoms with Crippen molar-refractivity contribution in [2.24, 2.45) is 5.92 Å². The molecule has 0 bridgehead atoms. The predicted octanol–water partition coefficient (Wildman–Crippen LogP) is 1.79. The summed E-state index contributed by atoms with van der Waals surface area (Å²) in [5.74, 6) is 0.867. The molecular formula is C19H26N2O4. The molecule has 2 heterocycles. The minimum Gasteiger partial charge on any atom is -0.497 e. The Morgan fingerprint density at radius 2 is 2.12 bits per heavy atom. The lowest BCUT2D eigenvalue weighted by atomic mass is 9.93. The summed E-state index contributed by atoms with van der Waals surface area (Å²) < 4.78 is 11.0. The second-order valence-electron chi connectivity index (χ2n) is 7.02. The van der Waals surface area contributed by atoms with Crippen LogP contribution >= 0.6 is 0 Å². The molecule has 0 aliphatic carbocycles. The Morgan fingerprint density at radius 1 is 1.32 bits per heavy atom. The topological polar surface area (TPSA) is 59.1 Å². The van der Waals surface area contributed by atoms with Crippen molar-refractivity contribution < 1.29 is 19.1 Å². The minimum atomic E-state index is 0.00372. The number of carbonyl (C=O) groups is 2. The monoisotopic (exact) mass is 346 g/mol. The van der Waals surface area contributed by atoms with Crippen LogP contribution in [-0.4, -0.2) is 67.1 Å². The Kier molecular flexibility index (Phi) is 5.27. The number of ether oxygens (including phenoxy) is 2. The molecule has 1 aromatic carbocycles. The van der Waals surface area contributed by atoms with E-state index >= 15 is 0 Å². The van der Waals surface area contributed by atoms with Gasteiger partial charge < -0.3 is 19.3 Å². The summed E-state index contributed by atoms with van der Waals surface area (Å²) in [4.78, 5) is 28.8. The third kappa shape index (κ3) is 3.79. The minimum absolute atomic E-state index is 0.00372. The van der Waals surface area contributed by atoms with E-state index in [1.54, 1.807) is 13.2 Å². The first-order valence-electron chi connectivity index (χ1n) is 8.84. The van der Waals surface area contributed by atoms with Gasteiger partial charge in [-0.2, -0.15) is 0 Å². The van der Waals surface area contributed by atoms with Gasteiger partial charge in [0.25, 0.3) is 5.91 Å². The molecule has 0 N–H and O–H groups in total. The first kappa shape index (κ1) is 17.7. The maximum absolute atomic E-state index is 12.9. The molecule has 0 aromatic heterocycles. The lowest BCUT2D eigenvalue weighted by Gasteiger charge is -2.38. The number of methoxy groups -OCH3 is 1. The van der Waals surface area contributed by atoms with Crippen molar-refractivity contribution in [2.75, 3.05) is 33.4 Å². The van der Waals surface area contributed by atoms with E-state index < -0.39 is 0 Å². The van der Waals surface area contributed by atoms with Crippen LogP contribution in [0.3, 0.4) is 0 Å². The van der Waals surface area contributed by atoms with Crippen molar-refractivity contribution in [1.29, 1.82) is 0 Å². The normalized spacial score (nSPS) is 24.1. The maximum atomic E-state index is 12.9. The second kappa shape index (κ2) is 7.44. The number of likely N-dealkylation sites (tertiary alicyclic amines) is 1. The summed E-state index contributed by atoms with van der Waals surface area (Å²) in [6, 6.07) is 7.37. The highest BCUT2D eigenvalue weighted by Gasteiger charge is 2.37. The third-order valence-corrected chi connectivity index (χ3v) is 5.06. The molecule has 0 radical (unpaired) electrons. The average Bonchev–Trinajstić information content (AvgIpc) is 2.80. The Bertz CT molecular complexity index is 646. The lowest BCUT2D eigenvalue weighted by Crippen LogP contribution is -2.50. The Balaban J connectivity index is 1.73. The molecule has 2 aliphatic rings. The molecule has 0 unspecified atom stereocenters. The maximum Gasteiger partial charge on any atom is 0.254 e. The van der Waals surface area contributed by atoms with Gasteiger partial charge in [-0.15, -0.1) is 0 Å². The number of carbonyl (C=O) groups excluding carboxylic acids is 2. The van der Waals surface area contributed by atoms with Gasteiger partial charge >= 0.3 is 0 Å². The molecule has 0 spiro atoms. The molecule has 25 heavy (non-hydrogen) atoms. The number of hydrogen-bond donors (Lipinski definition) is 0. The molecule has 1 aromatic rings. The number of hydrogen-bond acceptors (Lipinski definition) is 4. The fourth-order valence-corrected chi connectivity index (χ4v) is 3.64. The smallest absolute Gasteiger partial charge is 0.254 e. The van der Waals surface area contributed by atoms with E-state index in [0.29, 0.717) is 30.9 Å². The van der Waals surface area contributed by atoms with Crippen LogP contribution in [0.2, 0.25) is 0 Å². The summed E-state index contributed by atoms with van der Waals surface area (Å²) in [7, 11) is 1.59. The van der Waals surface area contributed by atoms with Crippen LogP contribution < -0.4 is 4.74 Å². The number of nitrogens with zero attached hydrogens (tertiary/aromatic N) is 2. The van der Waals surface area contributed by atoms with Crippen molar-refractivity contribution >= 4 is 11.8 Å². The van der Waals surface area contributed by atoms with Crippen LogP contribution in [-0.2, 0) is 9.53 Å². The van der Waals surface area contributed by atoms with Gasteiger partial charge in [-0.3, -0.25) is 9.59 Å². The first-order chi connectivity index (χ1) is 12.0. The number of amides is 2. The lowest BCUT2D eigenvalue weighted by molar-refractivity contribution is -0.136. The van der Waals surface area contributed by atoms with E-state index in [0.717, 1.165) is 6.42 Å². The van der Waals surface area contributed by atoms with Crippen molar-refractivity contribution in [2.45, 2.75) is 32.4 Å². The average molecular weight is 346 g/mol. The van der Waals surface area contributed by atoms with Crippen LogP contribution in [0.1, 0.15) is 30.6 Å². The SMILES string of the molecule is COc1cccc(C(=O)N2CC[C@@H]3OCC(=O)N(C(C)C)C[C@H]3C2)c1. The molecule has 2 fully saturated rings. The summed E-state index contributed by atoms with van der Waals surface area (Å²) in [5.41, 5.74) is 0.629. The van der Waals surface area contributed by atoms with E-state index in [-0.39, 0.29) is 36.5 Å². The van der Waals surface area contributed by atoms with E-state index in [9.17, 15) is 9.59 Å². The van der Waals surface area contributed by atoms with Crippen molar-refractivity contribution in [3.63, 3.8) is 0 Å². The third-order valence-electron chi connectivity index (χ3n) is 5.06. The van der Waals surface area contributed by atoms with Gasteiger partial charge in [0.2, 0.25) is 5.91 Å². The van der Waals surface area contributed by atoms with Gasteiger partial charge in [0.05, 0.1) is 13.2 Å². The zero-order valence-electron chi connectivity index (χ0n) is 15.1. The van der Waals surface area contributed by atoms with Crippen LogP contribution in [0.5, 0.6) is 5.75 Å². The highest BCUT2D eigenvalue weighted by molar-refractivity contribution is 5.94. The van der Waals surface area contributed by atoms with Crippen LogP contribution in [0, 0.1) is 5.92 Å².